The molecule has 0 atom stereocenters. The summed E-state index contributed by atoms with van der Waals surface area (Å²) in [4.78, 5) is 15.7. The monoisotopic (exact) mass is 224 g/mol. The van der Waals surface area contributed by atoms with Gasteiger partial charge in [-0.1, -0.05) is 20.8 Å². The molecular formula is C12H20N2O2. The molecule has 0 aliphatic carbocycles. The number of amides is 1. The molecule has 16 heavy (non-hydrogen) atoms. The molecule has 0 aliphatic heterocycles. The second kappa shape index (κ2) is 4.68. The molecule has 90 valence electrons. The summed E-state index contributed by atoms with van der Waals surface area (Å²) in [6.45, 7) is 10.2. The van der Waals surface area contributed by atoms with Crippen molar-refractivity contribution < 1.29 is 9.21 Å². The zero-order chi connectivity index (χ0) is 12.3. The summed E-state index contributed by atoms with van der Waals surface area (Å²) in [6.07, 6.45) is 0.513. The van der Waals surface area contributed by atoms with Crippen LogP contribution in [-0.4, -0.2) is 10.9 Å². The third-order valence-corrected chi connectivity index (χ3v) is 2.14. The van der Waals surface area contributed by atoms with Crippen molar-refractivity contribution in [3.05, 3.63) is 17.3 Å². The van der Waals surface area contributed by atoms with E-state index in [9.17, 15) is 4.79 Å². The van der Waals surface area contributed by atoms with Gasteiger partial charge < -0.3 is 9.73 Å². The number of nitrogens with one attached hydrogen (secondary N) is 1. The van der Waals surface area contributed by atoms with Crippen LogP contribution in [0, 0.1) is 19.3 Å². The zero-order valence-corrected chi connectivity index (χ0v) is 10.7. The van der Waals surface area contributed by atoms with E-state index in [0.29, 0.717) is 18.9 Å². The normalized spacial score (nSPS) is 11.6. The Hall–Kier alpha value is -1.32. The molecule has 0 radical (unpaired) electrons. The minimum atomic E-state index is 0.0104. The first kappa shape index (κ1) is 12.7. The first-order valence-corrected chi connectivity index (χ1v) is 5.47. The SMILES string of the molecule is Cc1nc(C)c(CNC(=O)CC(C)(C)C)o1. The van der Waals surface area contributed by atoms with Gasteiger partial charge in [0.2, 0.25) is 5.91 Å². The highest BCUT2D eigenvalue weighted by atomic mass is 16.4. The van der Waals surface area contributed by atoms with Crippen LogP contribution in [-0.2, 0) is 11.3 Å². The van der Waals surface area contributed by atoms with E-state index in [1.54, 1.807) is 6.92 Å². The van der Waals surface area contributed by atoms with Crippen LogP contribution in [0.2, 0.25) is 0 Å². The number of hydrogen-bond acceptors (Lipinski definition) is 3. The molecular weight excluding hydrogens is 204 g/mol. The smallest absolute Gasteiger partial charge is 0.220 e. The molecule has 0 fully saturated rings. The molecule has 0 saturated carbocycles. The second-order valence-corrected chi connectivity index (χ2v) is 5.26. The fourth-order valence-corrected chi connectivity index (χ4v) is 1.46. The first-order valence-electron chi connectivity index (χ1n) is 5.47. The summed E-state index contributed by atoms with van der Waals surface area (Å²) in [6, 6.07) is 0. The molecule has 0 aromatic carbocycles. The molecule has 0 aliphatic rings. The van der Waals surface area contributed by atoms with Gasteiger partial charge in [-0.2, -0.15) is 0 Å². The molecule has 0 bridgehead atoms. The van der Waals surface area contributed by atoms with Gasteiger partial charge in [0.1, 0.15) is 5.76 Å². The molecule has 1 rings (SSSR count). The Labute approximate surface area is 96.4 Å². The van der Waals surface area contributed by atoms with Gasteiger partial charge in [0.15, 0.2) is 5.89 Å². The molecule has 1 amide bonds. The van der Waals surface area contributed by atoms with Crippen LogP contribution in [0.1, 0.15) is 44.5 Å². The maximum absolute atomic E-state index is 11.6. The van der Waals surface area contributed by atoms with E-state index in [1.807, 2.05) is 27.7 Å². The van der Waals surface area contributed by atoms with Gasteiger partial charge in [0.25, 0.3) is 0 Å². The van der Waals surface area contributed by atoms with Gasteiger partial charge in [-0.25, -0.2) is 4.98 Å². The van der Waals surface area contributed by atoms with Crippen LogP contribution >= 0.6 is 0 Å². The summed E-state index contributed by atoms with van der Waals surface area (Å²) >= 11 is 0. The summed E-state index contributed by atoms with van der Waals surface area (Å²) in [7, 11) is 0. The lowest BCUT2D eigenvalue weighted by Crippen LogP contribution is -2.27. The third kappa shape index (κ3) is 4.04. The van der Waals surface area contributed by atoms with E-state index in [0.717, 1.165) is 11.5 Å². The number of oxazole rings is 1. The predicted octanol–water partition coefficient (Wildman–Crippen LogP) is 2.34. The van der Waals surface area contributed by atoms with Gasteiger partial charge in [0, 0.05) is 13.3 Å². The Morgan fingerprint density at radius 3 is 2.44 bits per heavy atom. The van der Waals surface area contributed by atoms with Crippen LogP contribution in [0.15, 0.2) is 4.42 Å². The van der Waals surface area contributed by atoms with E-state index < -0.39 is 0 Å². The van der Waals surface area contributed by atoms with Crippen LogP contribution < -0.4 is 5.32 Å². The Morgan fingerprint density at radius 1 is 1.38 bits per heavy atom. The molecule has 4 heteroatoms. The van der Waals surface area contributed by atoms with Crippen molar-refractivity contribution in [1.29, 1.82) is 0 Å². The molecule has 1 heterocycles. The minimum absolute atomic E-state index is 0.0104. The number of rotatable bonds is 3. The molecule has 1 N–H and O–H groups in total. The average Bonchev–Trinajstić information content (AvgIpc) is 2.38. The molecule has 1 aromatic heterocycles. The average molecular weight is 224 g/mol. The molecule has 0 saturated heterocycles. The highest BCUT2D eigenvalue weighted by Gasteiger charge is 2.16. The first-order chi connectivity index (χ1) is 7.28. The Morgan fingerprint density at radius 2 is 2.00 bits per heavy atom. The summed E-state index contributed by atoms with van der Waals surface area (Å²) in [5.41, 5.74) is 0.852. The van der Waals surface area contributed by atoms with Gasteiger partial charge in [-0.15, -0.1) is 0 Å². The van der Waals surface area contributed by atoms with Crippen molar-refractivity contribution in [3.63, 3.8) is 0 Å². The molecule has 1 aromatic rings. The van der Waals surface area contributed by atoms with Gasteiger partial charge in [-0.05, 0) is 12.3 Å². The van der Waals surface area contributed by atoms with Crippen molar-refractivity contribution in [3.8, 4) is 0 Å². The maximum atomic E-state index is 11.6. The van der Waals surface area contributed by atoms with Crippen molar-refractivity contribution in [1.82, 2.24) is 10.3 Å². The largest absolute Gasteiger partial charge is 0.444 e. The van der Waals surface area contributed by atoms with Crippen molar-refractivity contribution in [2.24, 2.45) is 5.41 Å². The van der Waals surface area contributed by atoms with Crippen LogP contribution in [0.3, 0.4) is 0 Å². The predicted molar refractivity (Wildman–Crippen MR) is 61.9 cm³/mol. The van der Waals surface area contributed by atoms with Crippen molar-refractivity contribution in [2.75, 3.05) is 0 Å². The Kier molecular flexibility index (Phi) is 3.73. The Bertz CT molecular complexity index is 375. The van der Waals surface area contributed by atoms with Crippen LogP contribution in [0.25, 0.3) is 0 Å². The van der Waals surface area contributed by atoms with Crippen LogP contribution in [0.4, 0.5) is 0 Å². The number of aromatic nitrogens is 1. The minimum Gasteiger partial charge on any atom is -0.444 e. The molecule has 4 nitrogen and oxygen atoms in total. The fourth-order valence-electron chi connectivity index (χ4n) is 1.46. The van der Waals surface area contributed by atoms with E-state index in [-0.39, 0.29) is 11.3 Å². The number of aryl methyl sites for hydroxylation is 2. The molecule has 0 spiro atoms. The number of carbonyl (C=O) groups is 1. The maximum Gasteiger partial charge on any atom is 0.220 e. The fraction of sp³-hybridized carbons (Fsp3) is 0.667. The lowest BCUT2D eigenvalue weighted by molar-refractivity contribution is -0.123. The van der Waals surface area contributed by atoms with E-state index in [1.165, 1.54) is 0 Å². The standard InChI is InChI=1S/C12H20N2O2/c1-8-10(16-9(2)14-8)7-13-11(15)6-12(3,4)5/h6-7H2,1-5H3,(H,13,15). The molecule has 0 unspecified atom stereocenters. The number of nitrogens with zero attached hydrogens (tertiary/aromatic N) is 1. The van der Waals surface area contributed by atoms with Gasteiger partial charge in [-0.3, -0.25) is 4.79 Å². The van der Waals surface area contributed by atoms with E-state index in [4.69, 9.17) is 4.42 Å². The zero-order valence-electron chi connectivity index (χ0n) is 10.7. The van der Waals surface area contributed by atoms with E-state index >= 15 is 0 Å². The van der Waals surface area contributed by atoms with Crippen molar-refractivity contribution >= 4 is 5.91 Å². The number of carbonyl (C=O) groups excluding carboxylic acids is 1. The van der Waals surface area contributed by atoms with Gasteiger partial charge in [0.05, 0.1) is 12.2 Å². The third-order valence-electron chi connectivity index (χ3n) is 2.14. The highest BCUT2D eigenvalue weighted by Crippen LogP contribution is 2.18. The lowest BCUT2D eigenvalue weighted by atomic mass is 9.92. The van der Waals surface area contributed by atoms with Gasteiger partial charge >= 0.3 is 0 Å². The second-order valence-electron chi connectivity index (χ2n) is 5.26. The number of hydrogen-bond donors (Lipinski definition) is 1. The summed E-state index contributed by atoms with van der Waals surface area (Å²) in [5.74, 6) is 1.42. The van der Waals surface area contributed by atoms with Crippen molar-refractivity contribution in [2.45, 2.75) is 47.6 Å². The summed E-state index contributed by atoms with van der Waals surface area (Å²) < 4.78 is 5.37. The van der Waals surface area contributed by atoms with E-state index in [2.05, 4.69) is 10.3 Å². The topological polar surface area (TPSA) is 55.1 Å². The summed E-state index contributed by atoms with van der Waals surface area (Å²) in [5, 5.41) is 2.84. The highest BCUT2D eigenvalue weighted by molar-refractivity contribution is 5.76. The van der Waals surface area contributed by atoms with Crippen LogP contribution in [0.5, 0.6) is 0 Å². The lowest BCUT2D eigenvalue weighted by Gasteiger charge is -2.16. The quantitative estimate of drug-likeness (QED) is 0.857. The Balaban J connectivity index is 2.46.